The molecule has 7 rings (SSSR count). The standard InChI is InChI=1S/C47H47N13O2S2/c1-3-34-36(26-48)40(59-20-18-54-19-21-59)56-42(38(34)28-50)63-46(44(52)61,31-12-7-5-8-13-31)47(45(53)62,32-14-9-6-10-15-32)64-43-39(29-51)35(4-2)37(27-49)41(57-43)60-24-22-58(23-25-60)30-33-16-11-17-55-33/h5-17,54-55H,3-4,18-25,30H2,1-2H3,(H2,52,61)(H2,53,62). The Kier molecular flexibility index (Phi) is 13.9. The van der Waals surface area contributed by atoms with E-state index in [4.69, 9.17) is 21.4 Å². The number of nitrogens with two attached hydrogens (primary N) is 2. The van der Waals surface area contributed by atoms with Gasteiger partial charge in [0, 0.05) is 70.8 Å². The molecule has 6 N–H and O–H groups in total. The SMILES string of the molecule is CCc1c(C#N)c(SC(C(N)=O)(c2ccccc2)C(Sc2nc(N3CCN(Cc4ccc[nH]4)CC3)c(C#N)c(CC)c2C#N)(C(N)=O)c2ccccc2)nc(N2CCNCC2)c1C#N. The predicted octanol–water partition coefficient (Wildman–Crippen LogP) is 4.79. The van der Waals surface area contributed by atoms with E-state index in [0.717, 1.165) is 35.8 Å². The fourth-order valence-electron chi connectivity index (χ4n) is 8.71. The maximum absolute atomic E-state index is 15.1. The van der Waals surface area contributed by atoms with Gasteiger partial charge in [-0.1, -0.05) is 98.0 Å². The number of H-pyrrole nitrogens is 1. The Morgan fingerprint density at radius 1 is 0.641 bits per heavy atom. The summed E-state index contributed by atoms with van der Waals surface area (Å²) in [5.74, 6) is -1.29. The van der Waals surface area contributed by atoms with Crippen LogP contribution >= 0.6 is 23.5 Å². The number of nitrogens with zero attached hydrogens (tertiary/aromatic N) is 9. The molecule has 64 heavy (non-hydrogen) atoms. The number of aromatic amines is 1. The molecule has 2 saturated heterocycles. The largest absolute Gasteiger partial charge is 0.368 e. The first-order valence-electron chi connectivity index (χ1n) is 21.0. The Labute approximate surface area is 381 Å². The van der Waals surface area contributed by atoms with Crippen molar-refractivity contribution in [2.75, 3.05) is 62.2 Å². The van der Waals surface area contributed by atoms with Crippen LogP contribution in [-0.4, -0.2) is 84.0 Å². The van der Waals surface area contributed by atoms with Crippen LogP contribution in [0.5, 0.6) is 0 Å². The number of hydrogen-bond acceptors (Lipinski definition) is 14. The highest BCUT2D eigenvalue weighted by Gasteiger charge is 2.64. The average molecular weight is 890 g/mol. The maximum atomic E-state index is 15.1. The molecule has 324 valence electrons. The normalized spacial score (nSPS) is 16.0. The number of carbonyl (C=O) groups is 2. The number of carbonyl (C=O) groups excluding carboxylic acids is 2. The number of piperazine rings is 2. The Bertz CT molecular complexity index is 2690. The second kappa shape index (κ2) is 19.7. The van der Waals surface area contributed by atoms with E-state index in [1.165, 1.54) is 0 Å². The summed E-state index contributed by atoms with van der Waals surface area (Å²) in [6.07, 6.45) is 2.45. The van der Waals surface area contributed by atoms with Crippen molar-refractivity contribution in [2.45, 2.75) is 52.8 Å². The molecule has 0 bridgehead atoms. The van der Waals surface area contributed by atoms with Crippen molar-refractivity contribution in [3.8, 4) is 24.3 Å². The molecule has 0 aliphatic carbocycles. The number of anilines is 2. The lowest BCUT2D eigenvalue weighted by molar-refractivity contribution is -0.128. The molecular weight excluding hydrogens is 843 g/mol. The van der Waals surface area contributed by atoms with E-state index in [-0.39, 0.29) is 56.3 Å². The number of hydrogen-bond donors (Lipinski definition) is 4. The van der Waals surface area contributed by atoms with E-state index >= 15 is 9.59 Å². The molecule has 15 nitrogen and oxygen atoms in total. The highest BCUT2D eigenvalue weighted by Crippen LogP contribution is 2.62. The van der Waals surface area contributed by atoms with Crippen LogP contribution in [0.1, 0.15) is 64.0 Å². The number of amides is 2. The molecule has 17 heteroatoms. The summed E-state index contributed by atoms with van der Waals surface area (Å²) in [5.41, 5.74) is 16.6. The number of thioether (sulfide) groups is 2. The molecular formula is C47H47N13O2S2. The fourth-order valence-corrected chi connectivity index (χ4v) is 11.8. The Morgan fingerprint density at radius 2 is 1.08 bits per heavy atom. The van der Waals surface area contributed by atoms with Gasteiger partial charge in [-0.15, -0.1) is 0 Å². The third kappa shape index (κ3) is 8.11. The molecule has 2 aromatic carbocycles. The van der Waals surface area contributed by atoms with E-state index in [1.54, 1.807) is 60.7 Å². The van der Waals surface area contributed by atoms with Gasteiger partial charge in [0.2, 0.25) is 11.8 Å². The van der Waals surface area contributed by atoms with E-state index in [0.29, 0.717) is 75.1 Å². The molecule has 2 aliphatic heterocycles. The highest BCUT2D eigenvalue weighted by molar-refractivity contribution is 8.05. The van der Waals surface area contributed by atoms with Crippen LogP contribution < -0.4 is 26.6 Å². The highest BCUT2D eigenvalue weighted by atomic mass is 32.2. The number of primary amides is 2. The molecule has 2 unspecified atom stereocenters. The molecule has 3 aromatic heterocycles. The van der Waals surface area contributed by atoms with E-state index < -0.39 is 21.3 Å². The van der Waals surface area contributed by atoms with Gasteiger partial charge >= 0.3 is 0 Å². The van der Waals surface area contributed by atoms with Gasteiger partial charge in [-0.3, -0.25) is 14.5 Å². The van der Waals surface area contributed by atoms with Gasteiger partial charge in [0.05, 0.1) is 22.3 Å². The monoisotopic (exact) mass is 889 g/mol. The number of aromatic nitrogens is 3. The Morgan fingerprint density at radius 3 is 1.45 bits per heavy atom. The van der Waals surface area contributed by atoms with Gasteiger partial charge in [-0.05, 0) is 47.2 Å². The molecule has 2 aliphatic rings. The molecule has 0 radical (unpaired) electrons. The molecule has 0 saturated carbocycles. The summed E-state index contributed by atoms with van der Waals surface area (Å²) in [4.78, 5) is 49.9. The first-order valence-corrected chi connectivity index (χ1v) is 22.6. The van der Waals surface area contributed by atoms with Crippen LogP contribution in [0, 0.1) is 45.3 Å². The van der Waals surface area contributed by atoms with Crippen LogP contribution in [0.15, 0.2) is 89.0 Å². The summed E-state index contributed by atoms with van der Waals surface area (Å²) in [5, 5.41) is 46.6. The van der Waals surface area contributed by atoms with Crippen molar-refractivity contribution < 1.29 is 9.59 Å². The smallest absolute Gasteiger partial charge is 0.240 e. The number of nitriles is 4. The maximum Gasteiger partial charge on any atom is 0.240 e. The molecule has 5 aromatic rings. The lowest BCUT2D eigenvalue weighted by Gasteiger charge is -2.46. The van der Waals surface area contributed by atoms with Crippen molar-refractivity contribution >= 4 is 47.0 Å². The molecule has 2 atom stereocenters. The number of rotatable bonds is 15. The molecule has 0 spiro atoms. The lowest BCUT2D eigenvalue weighted by Crippen LogP contribution is -2.59. The van der Waals surface area contributed by atoms with E-state index in [9.17, 15) is 21.0 Å². The van der Waals surface area contributed by atoms with Gasteiger partial charge in [-0.25, -0.2) is 9.97 Å². The van der Waals surface area contributed by atoms with Crippen LogP contribution in [0.4, 0.5) is 11.6 Å². The average Bonchev–Trinajstić information content (AvgIpc) is 3.85. The summed E-state index contributed by atoms with van der Waals surface area (Å²) in [6.45, 7) is 9.06. The topological polar surface area (TPSA) is 245 Å². The van der Waals surface area contributed by atoms with Crippen molar-refractivity contribution in [3.05, 3.63) is 129 Å². The van der Waals surface area contributed by atoms with Crippen LogP contribution in [0.25, 0.3) is 0 Å². The van der Waals surface area contributed by atoms with Gasteiger partial charge in [-0.2, -0.15) is 21.0 Å². The zero-order valence-corrected chi connectivity index (χ0v) is 37.2. The molecule has 2 amide bonds. The second-order valence-electron chi connectivity index (χ2n) is 15.3. The summed E-state index contributed by atoms with van der Waals surface area (Å²) < 4.78 is -4.44. The van der Waals surface area contributed by atoms with Gasteiger partial charge in [0.25, 0.3) is 0 Å². The number of benzene rings is 2. The third-order valence-corrected chi connectivity index (χ3v) is 15.1. The molecule has 5 heterocycles. The first-order chi connectivity index (χ1) is 31.1. The minimum absolute atomic E-state index is 0.0552. The number of pyridine rings is 2. The summed E-state index contributed by atoms with van der Waals surface area (Å²) in [7, 11) is 0. The Hall–Kier alpha value is -6.86. The van der Waals surface area contributed by atoms with Gasteiger partial charge in [0.1, 0.15) is 46.0 Å². The third-order valence-electron chi connectivity index (χ3n) is 11.8. The quantitative estimate of drug-likeness (QED) is 0.103. The van der Waals surface area contributed by atoms with E-state index in [1.807, 2.05) is 42.0 Å². The predicted molar refractivity (Wildman–Crippen MR) is 246 cm³/mol. The zero-order chi connectivity index (χ0) is 45.4. The zero-order valence-electron chi connectivity index (χ0n) is 35.6. The summed E-state index contributed by atoms with van der Waals surface area (Å²) >= 11 is 1.66. The van der Waals surface area contributed by atoms with Crippen LogP contribution in [0.2, 0.25) is 0 Å². The van der Waals surface area contributed by atoms with Crippen LogP contribution in [-0.2, 0) is 38.5 Å². The van der Waals surface area contributed by atoms with Crippen molar-refractivity contribution in [2.24, 2.45) is 11.5 Å². The van der Waals surface area contributed by atoms with Gasteiger partial charge in [0.15, 0.2) is 9.49 Å². The minimum atomic E-state index is -2.22. The minimum Gasteiger partial charge on any atom is -0.368 e. The van der Waals surface area contributed by atoms with Crippen molar-refractivity contribution in [1.29, 1.82) is 21.0 Å². The van der Waals surface area contributed by atoms with E-state index in [2.05, 4.69) is 39.5 Å². The second-order valence-corrected chi connectivity index (χ2v) is 17.7. The fraction of sp³-hybridized carbons (Fsp3) is 0.319. The van der Waals surface area contributed by atoms with Gasteiger partial charge < -0.3 is 31.6 Å². The Balaban J connectivity index is 1.50. The van der Waals surface area contributed by atoms with Crippen LogP contribution in [0.3, 0.4) is 0 Å². The first kappa shape index (κ1) is 45.2. The van der Waals surface area contributed by atoms with Crippen molar-refractivity contribution in [3.63, 3.8) is 0 Å². The van der Waals surface area contributed by atoms with Crippen molar-refractivity contribution in [1.82, 2.24) is 25.2 Å². The lowest BCUT2D eigenvalue weighted by atomic mass is 9.78. The summed E-state index contributed by atoms with van der Waals surface area (Å²) in [6, 6.07) is 30.2. The number of nitrogens with one attached hydrogen (secondary N) is 2. The molecule has 2 fully saturated rings.